The second-order valence-corrected chi connectivity index (χ2v) is 5.33. The minimum Gasteiger partial charge on any atom is -0.490 e. The minimum atomic E-state index is -0.0832. The van der Waals surface area contributed by atoms with E-state index in [0.717, 1.165) is 11.3 Å². The van der Waals surface area contributed by atoms with E-state index in [1.807, 2.05) is 43.5 Å². The summed E-state index contributed by atoms with van der Waals surface area (Å²) in [6.07, 6.45) is 6.23. The fraction of sp³-hybridized carbons (Fsp3) is 0.353. The van der Waals surface area contributed by atoms with Crippen LogP contribution in [0.4, 0.5) is 0 Å². The molecule has 4 heteroatoms. The molecule has 0 saturated carbocycles. The topological polar surface area (TPSA) is 55.6 Å². The van der Waals surface area contributed by atoms with Crippen molar-refractivity contribution in [3.8, 4) is 5.75 Å². The lowest BCUT2D eigenvalue weighted by molar-refractivity contribution is -0.133. The van der Waals surface area contributed by atoms with E-state index in [4.69, 9.17) is 10.5 Å². The predicted molar refractivity (Wildman–Crippen MR) is 83.8 cm³/mol. The third-order valence-corrected chi connectivity index (χ3v) is 3.52. The van der Waals surface area contributed by atoms with Crippen LogP contribution in [-0.2, 0) is 11.3 Å². The van der Waals surface area contributed by atoms with Gasteiger partial charge in [0.25, 0.3) is 0 Å². The number of amides is 1. The van der Waals surface area contributed by atoms with Crippen LogP contribution in [0.5, 0.6) is 5.75 Å². The number of rotatable bonds is 6. The quantitative estimate of drug-likeness (QED) is 0.815. The van der Waals surface area contributed by atoms with E-state index >= 15 is 0 Å². The van der Waals surface area contributed by atoms with Gasteiger partial charge in [-0.05, 0) is 24.1 Å². The highest BCUT2D eigenvalue weighted by molar-refractivity contribution is 5.81. The minimum absolute atomic E-state index is 0.00800. The molecule has 1 aliphatic rings. The highest BCUT2D eigenvalue weighted by Gasteiger charge is 2.25. The number of nitrogens with zero attached hydrogens (tertiary/aromatic N) is 1. The Morgan fingerprint density at radius 1 is 1.43 bits per heavy atom. The Kier molecular flexibility index (Phi) is 5.17. The van der Waals surface area contributed by atoms with E-state index in [0.29, 0.717) is 19.6 Å². The molecule has 0 aromatic heterocycles. The molecule has 1 amide bonds. The molecule has 2 N–H and O–H groups in total. The van der Waals surface area contributed by atoms with Crippen molar-refractivity contribution in [1.29, 1.82) is 0 Å². The van der Waals surface area contributed by atoms with Crippen LogP contribution >= 0.6 is 0 Å². The Morgan fingerprint density at radius 3 is 2.71 bits per heavy atom. The van der Waals surface area contributed by atoms with Crippen LogP contribution in [-0.4, -0.2) is 30.5 Å². The average molecular weight is 286 g/mol. The van der Waals surface area contributed by atoms with Gasteiger partial charge in [0.15, 0.2) is 0 Å². The number of ether oxygens (including phenoxy) is 1. The summed E-state index contributed by atoms with van der Waals surface area (Å²) in [4.78, 5) is 14.0. The molecule has 0 spiro atoms. The average Bonchev–Trinajstić information content (AvgIpc) is 2.92. The SMILES string of the molecule is C=CCOc1ccc(CN(C)C(=O)C2C=CC(N)C2)cc1. The van der Waals surface area contributed by atoms with Gasteiger partial charge in [0.2, 0.25) is 5.91 Å². The first-order valence-corrected chi connectivity index (χ1v) is 7.11. The van der Waals surface area contributed by atoms with Crippen LogP contribution in [0, 0.1) is 5.92 Å². The van der Waals surface area contributed by atoms with Crippen molar-refractivity contribution in [1.82, 2.24) is 4.90 Å². The van der Waals surface area contributed by atoms with Gasteiger partial charge in [0.05, 0.1) is 5.92 Å². The molecule has 0 radical (unpaired) electrons. The summed E-state index contributed by atoms with van der Waals surface area (Å²) in [6, 6.07) is 7.76. The molecule has 0 fully saturated rings. The second-order valence-electron chi connectivity index (χ2n) is 5.33. The van der Waals surface area contributed by atoms with Crippen molar-refractivity contribution in [2.75, 3.05) is 13.7 Å². The molecule has 0 bridgehead atoms. The Balaban J connectivity index is 1.90. The van der Waals surface area contributed by atoms with Crippen LogP contribution < -0.4 is 10.5 Å². The summed E-state index contributed by atoms with van der Waals surface area (Å²) in [5, 5.41) is 0. The smallest absolute Gasteiger partial charge is 0.229 e. The summed E-state index contributed by atoms with van der Waals surface area (Å²) >= 11 is 0. The van der Waals surface area contributed by atoms with Crippen molar-refractivity contribution < 1.29 is 9.53 Å². The normalized spacial score (nSPS) is 20.3. The van der Waals surface area contributed by atoms with E-state index in [1.165, 1.54) is 0 Å². The number of carbonyl (C=O) groups is 1. The first-order valence-electron chi connectivity index (χ1n) is 7.11. The van der Waals surface area contributed by atoms with Crippen LogP contribution in [0.3, 0.4) is 0 Å². The van der Waals surface area contributed by atoms with Gasteiger partial charge in [-0.1, -0.05) is 36.9 Å². The standard InChI is InChI=1S/C17H22N2O2/c1-3-10-21-16-8-4-13(5-9-16)12-19(2)17(20)14-6-7-15(18)11-14/h3-9,14-15H,1,10-12,18H2,2H3. The summed E-state index contributed by atoms with van der Waals surface area (Å²) in [7, 11) is 1.82. The zero-order valence-corrected chi connectivity index (χ0v) is 12.4. The third kappa shape index (κ3) is 4.20. The fourth-order valence-corrected chi connectivity index (χ4v) is 2.39. The van der Waals surface area contributed by atoms with Crippen LogP contribution in [0.2, 0.25) is 0 Å². The first-order chi connectivity index (χ1) is 10.1. The van der Waals surface area contributed by atoms with Crippen molar-refractivity contribution in [2.24, 2.45) is 11.7 Å². The van der Waals surface area contributed by atoms with Crippen molar-refractivity contribution in [2.45, 2.75) is 19.0 Å². The van der Waals surface area contributed by atoms with Crippen LogP contribution in [0.25, 0.3) is 0 Å². The summed E-state index contributed by atoms with van der Waals surface area (Å²) in [5.74, 6) is 0.837. The van der Waals surface area contributed by atoms with Crippen molar-refractivity contribution in [3.63, 3.8) is 0 Å². The van der Waals surface area contributed by atoms with E-state index < -0.39 is 0 Å². The maximum atomic E-state index is 12.3. The van der Waals surface area contributed by atoms with E-state index in [1.54, 1.807) is 11.0 Å². The van der Waals surface area contributed by atoms with Gasteiger partial charge in [-0.2, -0.15) is 0 Å². The van der Waals surface area contributed by atoms with Gasteiger partial charge in [-0.25, -0.2) is 0 Å². The first kappa shape index (κ1) is 15.3. The van der Waals surface area contributed by atoms with Gasteiger partial charge in [0, 0.05) is 19.6 Å². The molecule has 1 aromatic carbocycles. The number of hydrogen-bond donors (Lipinski definition) is 1. The maximum Gasteiger partial charge on any atom is 0.229 e. The largest absolute Gasteiger partial charge is 0.490 e. The van der Waals surface area contributed by atoms with Crippen molar-refractivity contribution in [3.05, 3.63) is 54.6 Å². The second kappa shape index (κ2) is 7.09. The molecule has 2 rings (SSSR count). The van der Waals surface area contributed by atoms with Gasteiger partial charge in [0.1, 0.15) is 12.4 Å². The van der Waals surface area contributed by atoms with E-state index in [9.17, 15) is 4.79 Å². The molecule has 21 heavy (non-hydrogen) atoms. The lowest BCUT2D eigenvalue weighted by Crippen LogP contribution is -2.32. The molecular weight excluding hydrogens is 264 g/mol. The highest BCUT2D eigenvalue weighted by atomic mass is 16.5. The molecule has 4 nitrogen and oxygen atoms in total. The molecule has 0 aliphatic heterocycles. The summed E-state index contributed by atoms with van der Waals surface area (Å²) in [5.41, 5.74) is 6.87. The molecule has 1 aliphatic carbocycles. The van der Waals surface area contributed by atoms with E-state index in [2.05, 4.69) is 6.58 Å². The molecule has 2 atom stereocenters. The predicted octanol–water partition coefficient (Wildman–Crippen LogP) is 2.11. The monoisotopic (exact) mass is 286 g/mol. The number of nitrogens with two attached hydrogens (primary N) is 1. The zero-order chi connectivity index (χ0) is 15.2. The van der Waals surface area contributed by atoms with Gasteiger partial charge < -0.3 is 15.4 Å². The van der Waals surface area contributed by atoms with Crippen LogP contribution in [0.1, 0.15) is 12.0 Å². The number of hydrogen-bond acceptors (Lipinski definition) is 3. The lowest BCUT2D eigenvalue weighted by Gasteiger charge is -2.21. The van der Waals surface area contributed by atoms with Gasteiger partial charge in [-0.3, -0.25) is 4.79 Å². The maximum absolute atomic E-state index is 12.3. The molecule has 112 valence electrons. The van der Waals surface area contributed by atoms with Gasteiger partial charge >= 0.3 is 0 Å². The Morgan fingerprint density at radius 2 is 2.14 bits per heavy atom. The van der Waals surface area contributed by atoms with Crippen molar-refractivity contribution >= 4 is 5.91 Å². The molecule has 0 heterocycles. The number of benzene rings is 1. The Hall–Kier alpha value is -2.07. The highest BCUT2D eigenvalue weighted by Crippen LogP contribution is 2.20. The molecular formula is C17H22N2O2. The van der Waals surface area contributed by atoms with E-state index in [-0.39, 0.29) is 17.9 Å². The molecule has 1 aromatic rings. The Labute approximate surface area is 125 Å². The molecule has 0 saturated heterocycles. The number of carbonyl (C=O) groups excluding carboxylic acids is 1. The third-order valence-electron chi connectivity index (χ3n) is 3.52. The fourth-order valence-electron chi connectivity index (χ4n) is 2.39. The van der Waals surface area contributed by atoms with Crippen LogP contribution in [0.15, 0.2) is 49.1 Å². The summed E-state index contributed by atoms with van der Waals surface area (Å²) in [6.45, 7) is 4.69. The zero-order valence-electron chi connectivity index (χ0n) is 12.4. The summed E-state index contributed by atoms with van der Waals surface area (Å²) < 4.78 is 5.43. The lowest BCUT2D eigenvalue weighted by atomic mass is 10.1. The van der Waals surface area contributed by atoms with Gasteiger partial charge in [-0.15, -0.1) is 0 Å². The Bertz CT molecular complexity index is 522. The molecule has 2 unspecified atom stereocenters.